The molecule has 1 aromatic heterocycles. The van der Waals surface area contributed by atoms with Crippen molar-refractivity contribution in [2.45, 2.75) is 51.5 Å². The molecule has 0 saturated heterocycles. The van der Waals surface area contributed by atoms with E-state index >= 15 is 0 Å². The molecular formula is C17H26N4O. The smallest absolute Gasteiger partial charge is 0.272 e. The molecule has 1 saturated carbocycles. The van der Waals surface area contributed by atoms with E-state index in [-0.39, 0.29) is 11.4 Å². The van der Waals surface area contributed by atoms with Crippen molar-refractivity contribution in [2.75, 3.05) is 19.6 Å². The Labute approximate surface area is 132 Å². The van der Waals surface area contributed by atoms with Crippen LogP contribution >= 0.6 is 0 Å². The average Bonchev–Trinajstić information content (AvgIpc) is 3.23. The monoisotopic (exact) mass is 302 g/mol. The molecule has 0 radical (unpaired) electrons. The van der Waals surface area contributed by atoms with Gasteiger partial charge in [0.15, 0.2) is 0 Å². The highest BCUT2D eigenvalue weighted by molar-refractivity contribution is 5.92. The second kappa shape index (κ2) is 5.88. The normalized spacial score (nSPS) is 19.0. The lowest BCUT2D eigenvalue weighted by molar-refractivity contribution is 0.0950. The first-order chi connectivity index (χ1) is 10.4. The van der Waals surface area contributed by atoms with Crippen molar-refractivity contribution in [3.8, 4) is 0 Å². The third-order valence-corrected chi connectivity index (χ3v) is 4.23. The van der Waals surface area contributed by atoms with Crippen molar-refractivity contribution in [1.29, 1.82) is 0 Å². The minimum Gasteiger partial charge on any atom is -0.347 e. The van der Waals surface area contributed by atoms with E-state index in [0.717, 1.165) is 19.5 Å². The van der Waals surface area contributed by atoms with E-state index in [1.54, 1.807) is 0 Å². The van der Waals surface area contributed by atoms with Crippen LogP contribution in [0.5, 0.6) is 0 Å². The number of rotatable bonds is 4. The lowest BCUT2D eigenvalue weighted by Gasteiger charge is -2.22. The second-order valence-electron chi connectivity index (χ2n) is 7.31. The summed E-state index contributed by atoms with van der Waals surface area (Å²) in [6, 6.07) is 1.98. The van der Waals surface area contributed by atoms with Crippen LogP contribution in [-0.2, 0) is 5.54 Å². The molecule has 5 nitrogen and oxygen atoms in total. The van der Waals surface area contributed by atoms with Crippen LogP contribution in [0.15, 0.2) is 17.7 Å². The van der Waals surface area contributed by atoms with Crippen LogP contribution in [-0.4, -0.2) is 35.3 Å². The summed E-state index contributed by atoms with van der Waals surface area (Å²) in [6.07, 6.45) is 5.59. The van der Waals surface area contributed by atoms with Gasteiger partial charge in [-0.15, -0.1) is 0 Å². The van der Waals surface area contributed by atoms with Gasteiger partial charge >= 0.3 is 0 Å². The van der Waals surface area contributed by atoms with Crippen LogP contribution in [0.25, 0.3) is 0 Å². The van der Waals surface area contributed by atoms with E-state index < -0.39 is 0 Å². The summed E-state index contributed by atoms with van der Waals surface area (Å²) in [4.78, 5) is 12.4. The molecule has 0 unspecified atom stereocenters. The molecule has 3 rings (SSSR count). The van der Waals surface area contributed by atoms with Crippen LogP contribution in [0, 0.1) is 0 Å². The number of carbonyl (C=O) groups excluding carboxylic acids is 1. The molecule has 120 valence electrons. The SMILES string of the molecule is CC(C)(C)n1nc(C(=O)NCC2=CCNCC2)cc1C1CC1. The predicted molar refractivity (Wildman–Crippen MR) is 87.1 cm³/mol. The zero-order valence-electron chi connectivity index (χ0n) is 13.8. The molecule has 22 heavy (non-hydrogen) atoms. The van der Waals surface area contributed by atoms with Crippen LogP contribution in [0.1, 0.15) is 62.1 Å². The number of hydrogen-bond acceptors (Lipinski definition) is 3. The fourth-order valence-electron chi connectivity index (χ4n) is 2.83. The molecule has 2 N–H and O–H groups in total. The fraction of sp³-hybridized carbons (Fsp3) is 0.647. The molecule has 2 heterocycles. The molecule has 1 aromatic rings. The third kappa shape index (κ3) is 3.40. The Bertz CT molecular complexity index is 590. The quantitative estimate of drug-likeness (QED) is 0.838. The molecule has 0 aromatic carbocycles. The van der Waals surface area contributed by atoms with Gasteiger partial charge in [0.25, 0.3) is 5.91 Å². The Morgan fingerprint density at radius 1 is 1.45 bits per heavy atom. The minimum atomic E-state index is -0.0893. The molecule has 0 atom stereocenters. The van der Waals surface area contributed by atoms with E-state index in [2.05, 4.69) is 42.6 Å². The highest BCUT2D eigenvalue weighted by Gasteiger charge is 2.32. The van der Waals surface area contributed by atoms with Crippen molar-refractivity contribution in [2.24, 2.45) is 0 Å². The van der Waals surface area contributed by atoms with Crippen molar-refractivity contribution in [3.05, 3.63) is 29.1 Å². The standard InChI is InChI=1S/C17H26N4O/c1-17(2,3)21-15(13-4-5-13)10-14(20-21)16(22)19-11-12-6-8-18-9-7-12/h6,10,13,18H,4-5,7-9,11H2,1-3H3,(H,19,22). The van der Waals surface area contributed by atoms with Crippen LogP contribution < -0.4 is 10.6 Å². The lowest BCUT2D eigenvalue weighted by atomic mass is 10.1. The molecule has 2 aliphatic rings. The first kappa shape index (κ1) is 15.3. The molecule has 1 aliphatic heterocycles. The number of carbonyl (C=O) groups is 1. The van der Waals surface area contributed by atoms with E-state index in [9.17, 15) is 4.79 Å². The minimum absolute atomic E-state index is 0.0654. The molecule has 1 fully saturated rings. The van der Waals surface area contributed by atoms with Gasteiger partial charge < -0.3 is 10.6 Å². The van der Waals surface area contributed by atoms with Gasteiger partial charge in [-0.3, -0.25) is 9.48 Å². The van der Waals surface area contributed by atoms with Gasteiger partial charge in [-0.05, 0) is 52.6 Å². The topological polar surface area (TPSA) is 59.0 Å². The van der Waals surface area contributed by atoms with Crippen LogP contribution in [0.2, 0.25) is 0 Å². The first-order valence-electron chi connectivity index (χ1n) is 8.22. The van der Waals surface area contributed by atoms with Gasteiger partial charge in [0.05, 0.1) is 5.54 Å². The Balaban J connectivity index is 1.71. The number of nitrogens with zero attached hydrogens (tertiary/aromatic N) is 2. The summed E-state index contributed by atoms with van der Waals surface area (Å²) in [5.74, 6) is 0.518. The van der Waals surface area contributed by atoms with Gasteiger partial charge in [-0.1, -0.05) is 11.6 Å². The number of nitrogens with one attached hydrogen (secondary N) is 2. The first-order valence-corrected chi connectivity index (χ1v) is 8.22. The largest absolute Gasteiger partial charge is 0.347 e. The summed E-state index contributed by atoms with van der Waals surface area (Å²) in [5.41, 5.74) is 2.96. The Hall–Kier alpha value is -1.62. The molecule has 0 spiro atoms. The van der Waals surface area contributed by atoms with Crippen molar-refractivity contribution in [1.82, 2.24) is 20.4 Å². The number of amides is 1. The van der Waals surface area contributed by atoms with Crippen molar-refractivity contribution >= 4 is 5.91 Å². The predicted octanol–water partition coefficient (Wildman–Crippen LogP) is 2.16. The molecular weight excluding hydrogens is 276 g/mol. The molecule has 0 bridgehead atoms. The molecule has 1 amide bonds. The summed E-state index contributed by atoms with van der Waals surface area (Å²) in [7, 11) is 0. The van der Waals surface area contributed by atoms with Gasteiger partial charge in [0.1, 0.15) is 5.69 Å². The Morgan fingerprint density at radius 2 is 2.23 bits per heavy atom. The maximum absolute atomic E-state index is 12.4. The van der Waals surface area contributed by atoms with Gasteiger partial charge in [0, 0.05) is 24.7 Å². The van der Waals surface area contributed by atoms with E-state index in [4.69, 9.17) is 0 Å². The zero-order chi connectivity index (χ0) is 15.7. The third-order valence-electron chi connectivity index (χ3n) is 4.23. The zero-order valence-corrected chi connectivity index (χ0v) is 13.8. The maximum atomic E-state index is 12.4. The number of aromatic nitrogens is 2. The highest BCUT2D eigenvalue weighted by atomic mass is 16.1. The van der Waals surface area contributed by atoms with E-state index in [0.29, 0.717) is 18.2 Å². The van der Waals surface area contributed by atoms with Crippen molar-refractivity contribution in [3.63, 3.8) is 0 Å². The Morgan fingerprint density at radius 3 is 2.82 bits per heavy atom. The van der Waals surface area contributed by atoms with Gasteiger partial charge in [-0.25, -0.2) is 0 Å². The van der Waals surface area contributed by atoms with Crippen LogP contribution in [0.4, 0.5) is 0 Å². The summed E-state index contributed by atoms with van der Waals surface area (Å²) < 4.78 is 2.03. The van der Waals surface area contributed by atoms with Crippen molar-refractivity contribution < 1.29 is 4.79 Å². The fourth-order valence-corrected chi connectivity index (χ4v) is 2.83. The molecule has 5 heteroatoms. The summed E-state index contributed by atoms with van der Waals surface area (Å²) in [6.45, 7) is 8.91. The van der Waals surface area contributed by atoms with Crippen LogP contribution in [0.3, 0.4) is 0 Å². The number of hydrogen-bond donors (Lipinski definition) is 2. The molecule has 1 aliphatic carbocycles. The summed E-state index contributed by atoms with van der Waals surface area (Å²) in [5, 5.41) is 10.9. The lowest BCUT2D eigenvalue weighted by Crippen LogP contribution is -2.30. The summed E-state index contributed by atoms with van der Waals surface area (Å²) >= 11 is 0. The Kier molecular flexibility index (Phi) is 4.08. The average molecular weight is 302 g/mol. The maximum Gasteiger partial charge on any atom is 0.272 e. The van der Waals surface area contributed by atoms with Gasteiger partial charge in [-0.2, -0.15) is 5.10 Å². The van der Waals surface area contributed by atoms with E-state index in [1.807, 2.05) is 10.7 Å². The second-order valence-corrected chi connectivity index (χ2v) is 7.31. The van der Waals surface area contributed by atoms with E-state index in [1.165, 1.54) is 24.1 Å². The highest BCUT2D eigenvalue weighted by Crippen LogP contribution is 2.41. The van der Waals surface area contributed by atoms with Gasteiger partial charge in [0.2, 0.25) is 0 Å².